The van der Waals surface area contributed by atoms with Crippen molar-refractivity contribution in [3.8, 4) is 0 Å². The Morgan fingerprint density at radius 2 is 1.68 bits per heavy atom. The van der Waals surface area contributed by atoms with Gasteiger partial charge in [0.25, 0.3) is 0 Å². The standard InChI is InChI=1S/C21H26N2O4S/c24-21(12-6-9-18-7-2-1-3-8-18)22-17-19-10-4-5-11-20(19)28(25,26)23-13-15-27-16-14-23/h1-5,7-8,10-11H,6,9,12-17H2,(H,22,24). The number of nitrogens with zero attached hydrogens (tertiary/aromatic N) is 1. The predicted octanol–water partition coefficient (Wildman–Crippen LogP) is 2.35. The van der Waals surface area contributed by atoms with Gasteiger partial charge in [-0.25, -0.2) is 8.42 Å². The van der Waals surface area contributed by atoms with Crippen LogP contribution in [0.4, 0.5) is 0 Å². The molecule has 2 aromatic carbocycles. The maximum atomic E-state index is 12.9. The molecule has 1 N–H and O–H groups in total. The van der Waals surface area contributed by atoms with Crippen molar-refractivity contribution in [2.24, 2.45) is 0 Å². The molecule has 1 fully saturated rings. The van der Waals surface area contributed by atoms with Crippen LogP contribution >= 0.6 is 0 Å². The number of aryl methyl sites for hydroxylation is 1. The third kappa shape index (κ3) is 5.41. The van der Waals surface area contributed by atoms with Gasteiger partial charge in [-0.05, 0) is 30.0 Å². The second-order valence-corrected chi connectivity index (χ2v) is 8.65. The van der Waals surface area contributed by atoms with Crippen molar-refractivity contribution in [2.75, 3.05) is 26.3 Å². The first-order chi connectivity index (χ1) is 13.6. The third-order valence-electron chi connectivity index (χ3n) is 4.75. The molecule has 1 heterocycles. The first kappa shape index (κ1) is 20.5. The Labute approximate surface area is 166 Å². The van der Waals surface area contributed by atoms with Gasteiger partial charge in [-0.3, -0.25) is 4.79 Å². The van der Waals surface area contributed by atoms with E-state index in [1.54, 1.807) is 24.3 Å². The lowest BCUT2D eigenvalue weighted by atomic mass is 10.1. The summed E-state index contributed by atoms with van der Waals surface area (Å²) in [6.45, 7) is 1.70. The Kier molecular flexibility index (Phi) is 7.19. The number of hydrogen-bond donors (Lipinski definition) is 1. The van der Waals surface area contributed by atoms with Crippen LogP contribution < -0.4 is 5.32 Å². The van der Waals surface area contributed by atoms with E-state index in [9.17, 15) is 13.2 Å². The molecule has 1 saturated heterocycles. The fourth-order valence-electron chi connectivity index (χ4n) is 3.21. The monoisotopic (exact) mass is 402 g/mol. The molecule has 3 rings (SSSR count). The van der Waals surface area contributed by atoms with Crippen molar-refractivity contribution < 1.29 is 17.9 Å². The summed E-state index contributed by atoms with van der Waals surface area (Å²) in [7, 11) is -3.59. The molecule has 150 valence electrons. The molecule has 1 aliphatic rings. The molecule has 0 radical (unpaired) electrons. The zero-order chi connectivity index (χ0) is 19.8. The van der Waals surface area contributed by atoms with Gasteiger partial charge >= 0.3 is 0 Å². The quantitative estimate of drug-likeness (QED) is 0.735. The summed E-state index contributed by atoms with van der Waals surface area (Å²) in [6, 6.07) is 16.9. The highest BCUT2D eigenvalue weighted by Gasteiger charge is 2.28. The number of carbonyl (C=O) groups is 1. The lowest BCUT2D eigenvalue weighted by Gasteiger charge is -2.27. The second-order valence-electron chi connectivity index (χ2n) is 6.74. The van der Waals surface area contributed by atoms with Crippen LogP contribution in [-0.2, 0) is 32.5 Å². The summed E-state index contributed by atoms with van der Waals surface area (Å²) in [5, 5.41) is 2.85. The first-order valence-corrected chi connectivity index (χ1v) is 11.0. The number of morpholine rings is 1. The van der Waals surface area contributed by atoms with E-state index < -0.39 is 10.0 Å². The average Bonchev–Trinajstić information content (AvgIpc) is 2.74. The molecule has 0 aromatic heterocycles. The highest BCUT2D eigenvalue weighted by molar-refractivity contribution is 7.89. The number of ether oxygens (including phenoxy) is 1. The Morgan fingerprint density at radius 3 is 2.43 bits per heavy atom. The van der Waals surface area contributed by atoms with Crippen LogP contribution in [0.25, 0.3) is 0 Å². The van der Waals surface area contributed by atoms with Crippen LogP contribution in [0.5, 0.6) is 0 Å². The summed E-state index contributed by atoms with van der Waals surface area (Å²) < 4.78 is 32.6. The number of benzene rings is 2. The van der Waals surface area contributed by atoms with Crippen LogP contribution in [0.2, 0.25) is 0 Å². The first-order valence-electron chi connectivity index (χ1n) is 9.54. The van der Waals surface area contributed by atoms with Crippen molar-refractivity contribution in [1.82, 2.24) is 9.62 Å². The van der Waals surface area contributed by atoms with E-state index in [1.165, 1.54) is 9.87 Å². The summed E-state index contributed by atoms with van der Waals surface area (Å²) >= 11 is 0. The topological polar surface area (TPSA) is 75.7 Å². The van der Waals surface area contributed by atoms with Gasteiger partial charge in [0, 0.05) is 26.1 Å². The van der Waals surface area contributed by atoms with Crippen molar-refractivity contribution in [3.63, 3.8) is 0 Å². The highest BCUT2D eigenvalue weighted by atomic mass is 32.2. The maximum Gasteiger partial charge on any atom is 0.243 e. The van der Waals surface area contributed by atoms with Gasteiger partial charge in [-0.2, -0.15) is 4.31 Å². The molecule has 0 saturated carbocycles. The number of carbonyl (C=O) groups excluding carboxylic acids is 1. The van der Waals surface area contributed by atoms with Gasteiger partial charge < -0.3 is 10.1 Å². The van der Waals surface area contributed by atoms with E-state index in [-0.39, 0.29) is 17.3 Å². The van der Waals surface area contributed by atoms with Crippen molar-refractivity contribution >= 4 is 15.9 Å². The molecule has 0 spiro atoms. The predicted molar refractivity (Wildman–Crippen MR) is 107 cm³/mol. The Hall–Kier alpha value is -2.22. The van der Waals surface area contributed by atoms with E-state index >= 15 is 0 Å². The molecule has 2 aromatic rings. The minimum absolute atomic E-state index is 0.0745. The summed E-state index contributed by atoms with van der Waals surface area (Å²) in [4.78, 5) is 12.4. The summed E-state index contributed by atoms with van der Waals surface area (Å²) in [5.74, 6) is -0.0745. The van der Waals surface area contributed by atoms with Crippen LogP contribution in [0.3, 0.4) is 0 Å². The lowest BCUT2D eigenvalue weighted by molar-refractivity contribution is -0.121. The molecule has 28 heavy (non-hydrogen) atoms. The van der Waals surface area contributed by atoms with Gasteiger partial charge in [0.05, 0.1) is 18.1 Å². The lowest BCUT2D eigenvalue weighted by Crippen LogP contribution is -2.41. The van der Waals surface area contributed by atoms with E-state index in [0.29, 0.717) is 38.3 Å². The van der Waals surface area contributed by atoms with E-state index in [0.717, 1.165) is 12.8 Å². The number of rotatable bonds is 8. The molecule has 0 bridgehead atoms. The van der Waals surface area contributed by atoms with Crippen molar-refractivity contribution in [2.45, 2.75) is 30.7 Å². The van der Waals surface area contributed by atoms with Gasteiger partial charge in [0.1, 0.15) is 0 Å². The molecule has 6 nitrogen and oxygen atoms in total. The summed E-state index contributed by atoms with van der Waals surface area (Å²) in [6.07, 6.45) is 2.01. The Bertz CT molecular complexity index is 878. The van der Waals surface area contributed by atoms with Crippen molar-refractivity contribution in [3.05, 3.63) is 65.7 Å². The van der Waals surface area contributed by atoms with Gasteiger partial charge in [0.2, 0.25) is 15.9 Å². The van der Waals surface area contributed by atoms with Gasteiger partial charge in [-0.1, -0.05) is 48.5 Å². The average molecular weight is 403 g/mol. The molecule has 0 aliphatic carbocycles. The minimum atomic E-state index is -3.59. The van der Waals surface area contributed by atoms with Crippen molar-refractivity contribution in [1.29, 1.82) is 0 Å². The largest absolute Gasteiger partial charge is 0.379 e. The number of hydrogen-bond acceptors (Lipinski definition) is 4. The fraction of sp³-hybridized carbons (Fsp3) is 0.381. The zero-order valence-corrected chi connectivity index (χ0v) is 16.7. The third-order valence-corrected chi connectivity index (χ3v) is 6.75. The van der Waals surface area contributed by atoms with Crippen LogP contribution in [0, 0.1) is 0 Å². The van der Waals surface area contributed by atoms with Gasteiger partial charge in [0.15, 0.2) is 0 Å². The Morgan fingerprint density at radius 1 is 1.00 bits per heavy atom. The molecule has 7 heteroatoms. The Balaban J connectivity index is 1.56. The van der Waals surface area contributed by atoms with E-state index in [1.807, 2.05) is 30.3 Å². The molecule has 1 amide bonds. The molecule has 1 aliphatic heterocycles. The van der Waals surface area contributed by atoms with Gasteiger partial charge in [-0.15, -0.1) is 0 Å². The SMILES string of the molecule is O=C(CCCc1ccccc1)NCc1ccccc1S(=O)(=O)N1CCOCC1. The van der Waals surface area contributed by atoms with E-state index in [4.69, 9.17) is 4.74 Å². The highest BCUT2D eigenvalue weighted by Crippen LogP contribution is 2.21. The number of amides is 1. The molecule has 0 unspecified atom stereocenters. The molecule has 0 atom stereocenters. The second kappa shape index (κ2) is 9.82. The number of nitrogens with one attached hydrogen (secondary N) is 1. The van der Waals surface area contributed by atoms with Crippen LogP contribution in [-0.4, -0.2) is 44.9 Å². The maximum absolute atomic E-state index is 12.9. The molecular weight excluding hydrogens is 376 g/mol. The minimum Gasteiger partial charge on any atom is -0.379 e. The fourth-order valence-corrected chi connectivity index (χ4v) is 4.84. The zero-order valence-electron chi connectivity index (χ0n) is 15.8. The van der Waals surface area contributed by atoms with Crippen LogP contribution in [0.1, 0.15) is 24.0 Å². The molecular formula is C21H26N2O4S. The van der Waals surface area contributed by atoms with Crippen LogP contribution in [0.15, 0.2) is 59.5 Å². The normalized spacial score (nSPS) is 15.3. The van der Waals surface area contributed by atoms with E-state index in [2.05, 4.69) is 5.32 Å². The smallest absolute Gasteiger partial charge is 0.243 e. The summed E-state index contributed by atoms with van der Waals surface area (Å²) in [5.41, 5.74) is 1.81. The number of sulfonamides is 1.